The van der Waals surface area contributed by atoms with Crippen LogP contribution in [0.1, 0.15) is 37.7 Å². The minimum absolute atomic E-state index is 0.0488. The van der Waals surface area contributed by atoms with Crippen molar-refractivity contribution < 1.29 is 9.18 Å². The van der Waals surface area contributed by atoms with Gasteiger partial charge in [0, 0.05) is 6.04 Å². The van der Waals surface area contributed by atoms with E-state index in [0.717, 1.165) is 23.3 Å². The van der Waals surface area contributed by atoms with Crippen molar-refractivity contribution in [1.29, 1.82) is 0 Å². The van der Waals surface area contributed by atoms with Gasteiger partial charge in [-0.25, -0.2) is 4.39 Å². The lowest BCUT2D eigenvalue weighted by Gasteiger charge is -2.32. The molecule has 0 aromatic heterocycles. The number of benzene rings is 1. The van der Waals surface area contributed by atoms with E-state index < -0.39 is 0 Å². The number of carbonyl (C=O) groups excluding carboxylic acids is 1. The van der Waals surface area contributed by atoms with Crippen LogP contribution in [0.5, 0.6) is 0 Å². The van der Waals surface area contributed by atoms with Crippen molar-refractivity contribution in [1.82, 2.24) is 5.32 Å². The summed E-state index contributed by atoms with van der Waals surface area (Å²) in [4.78, 5) is 12.2. The zero-order valence-corrected chi connectivity index (χ0v) is 12.2. The molecule has 3 fully saturated rings. The Morgan fingerprint density at radius 2 is 2.05 bits per heavy atom. The Morgan fingerprint density at radius 1 is 1.19 bits per heavy atom. The molecule has 2 nitrogen and oxygen atoms in total. The van der Waals surface area contributed by atoms with Crippen LogP contribution in [0.3, 0.4) is 0 Å². The van der Waals surface area contributed by atoms with Crippen LogP contribution in [0.2, 0.25) is 0 Å². The second-order valence-corrected chi connectivity index (χ2v) is 7.13. The van der Waals surface area contributed by atoms with Crippen LogP contribution in [-0.2, 0) is 11.2 Å². The molecule has 2 bridgehead atoms. The summed E-state index contributed by atoms with van der Waals surface area (Å²) in [5, 5.41) is 3.23. The average molecular weight is 287 g/mol. The zero-order chi connectivity index (χ0) is 14.4. The molecule has 1 aromatic carbocycles. The molecule has 3 saturated carbocycles. The second kappa shape index (κ2) is 5.11. The third kappa shape index (κ3) is 2.37. The number of hydrogen-bond acceptors (Lipinski definition) is 1. The van der Waals surface area contributed by atoms with Gasteiger partial charge in [0.1, 0.15) is 5.82 Å². The highest BCUT2D eigenvalue weighted by atomic mass is 19.1. The molecule has 0 spiro atoms. The molecule has 0 radical (unpaired) electrons. The van der Waals surface area contributed by atoms with Crippen LogP contribution in [0, 0.1) is 29.5 Å². The fourth-order valence-electron chi connectivity index (χ4n) is 5.32. The Bertz CT molecular complexity index is 558. The summed E-state index contributed by atoms with van der Waals surface area (Å²) in [6.07, 6.45) is 6.94. The first-order valence-electron chi connectivity index (χ1n) is 8.24. The van der Waals surface area contributed by atoms with Gasteiger partial charge in [0.25, 0.3) is 0 Å². The van der Waals surface area contributed by atoms with Crippen LogP contribution in [0.15, 0.2) is 24.3 Å². The van der Waals surface area contributed by atoms with E-state index in [1.54, 1.807) is 6.07 Å². The van der Waals surface area contributed by atoms with Crippen molar-refractivity contribution in [2.24, 2.45) is 23.7 Å². The van der Waals surface area contributed by atoms with E-state index in [2.05, 4.69) is 5.32 Å². The molecule has 0 saturated heterocycles. The number of fused-ring (bicyclic) bond motifs is 5. The Hall–Kier alpha value is -1.38. The summed E-state index contributed by atoms with van der Waals surface area (Å²) in [6, 6.07) is 6.72. The summed E-state index contributed by atoms with van der Waals surface area (Å²) in [5.41, 5.74) is 0.759. The van der Waals surface area contributed by atoms with E-state index in [0.29, 0.717) is 18.4 Å². The van der Waals surface area contributed by atoms with Crippen molar-refractivity contribution >= 4 is 5.91 Å². The van der Waals surface area contributed by atoms with Crippen LogP contribution in [-0.4, -0.2) is 11.9 Å². The molecule has 4 rings (SSSR count). The normalized spacial score (nSPS) is 36.7. The highest BCUT2D eigenvalue weighted by molar-refractivity contribution is 5.79. The van der Waals surface area contributed by atoms with Gasteiger partial charge in [0.05, 0.1) is 6.42 Å². The summed E-state index contributed by atoms with van der Waals surface area (Å²) in [5.74, 6) is 3.15. The highest BCUT2D eigenvalue weighted by Crippen LogP contribution is 2.58. The van der Waals surface area contributed by atoms with Gasteiger partial charge in [-0.15, -0.1) is 0 Å². The van der Waals surface area contributed by atoms with Crippen LogP contribution < -0.4 is 5.32 Å². The molecule has 5 atom stereocenters. The minimum Gasteiger partial charge on any atom is -0.353 e. The maximum atomic E-state index is 13.2. The summed E-state index contributed by atoms with van der Waals surface area (Å²) in [7, 11) is 0. The van der Waals surface area contributed by atoms with Gasteiger partial charge in [-0.05, 0) is 67.1 Å². The van der Waals surface area contributed by atoms with Crippen molar-refractivity contribution in [3.05, 3.63) is 35.6 Å². The fourth-order valence-corrected chi connectivity index (χ4v) is 5.32. The predicted octanol–water partition coefficient (Wildman–Crippen LogP) is 3.31. The summed E-state index contributed by atoms with van der Waals surface area (Å²) >= 11 is 0. The van der Waals surface area contributed by atoms with E-state index in [4.69, 9.17) is 0 Å². The first kappa shape index (κ1) is 13.3. The van der Waals surface area contributed by atoms with Crippen LogP contribution in [0.25, 0.3) is 0 Å². The second-order valence-electron chi connectivity index (χ2n) is 7.13. The number of nitrogens with one attached hydrogen (secondary N) is 1. The summed E-state index contributed by atoms with van der Waals surface area (Å²) in [6.45, 7) is 0. The Kier molecular flexibility index (Phi) is 3.24. The molecule has 21 heavy (non-hydrogen) atoms. The van der Waals surface area contributed by atoms with E-state index in [1.165, 1.54) is 44.2 Å². The quantitative estimate of drug-likeness (QED) is 0.908. The molecule has 0 heterocycles. The van der Waals surface area contributed by atoms with Gasteiger partial charge >= 0.3 is 0 Å². The Labute approximate surface area is 125 Å². The van der Waals surface area contributed by atoms with E-state index >= 15 is 0 Å². The maximum absolute atomic E-state index is 13.2. The molecule has 1 N–H and O–H groups in total. The lowest BCUT2D eigenvalue weighted by atomic mass is 9.79. The number of amides is 1. The van der Waals surface area contributed by atoms with E-state index in [9.17, 15) is 9.18 Å². The predicted molar refractivity (Wildman–Crippen MR) is 79.1 cm³/mol. The summed E-state index contributed by atoms with van der Waals surface area (Å²) < 4.78 is 13.2. The molecule has 0 aliphatic heterocycles. The lowest BCUT2D eigenvalue weighted by Crippen LogP contribution is -2.43. The molecular weight excluding hydrogens is 265 g/mol. The standard InChI is InChI=1S/C18H22FNO/c19-13-4-1-3-11(7-13)8-18(21)20-17-10-12-9-16(17)15-6-2-5-14(12)15/h1,3-4,7,12,14-17H,2,5-6,8-10H2,(H,20,21). The van der Waals surface area contributed by atoms with Gasteiger partial charge in [0.15, 0.2) is 0 Å². The van der Waals surface area contributed by atoms with E-state index in [1.807, 2.05) is 6.07 Å². The van der Waals surface area contributed by atoms with Gasteiger partial charge < -0.3 is 5.32 Å². The first-order chi connectivity index (χ1) is 10.2. The average Bonchev–Trinajstić information content (AvgIpc) is 3.09. The molecule has 3 aliphatic carbocycles. The fraction of sp³-hybridized carbons (Fsp3) is 0.611. The monoisotopic (exact) mass is 287 g/mol. The largest absolute Gasteiger partial charge is 0.353 e. The Balaban J connectivity index is 1.37. The molecule has 3 aliphatic rings. The number of halogens is 1. The topological polar surface area (TPSA) is 29.1 Å². The zero-order valence-electron chi connectivity index (χ0n) is 12.2. The lowest BCUT2D eigenvalue weighted by molar-refractivity contribution is -0.121. The number of rotatable bonds is 3. The molecular formula is C18H22FNO. The third-order valence-corrected chi connectivity index (χ3v) is 6.03. The number of carbonyl (C=O) groups is 1. The van der Waals surface area contributed by atoms with Crippen molar-refractivity contribution in [3.63, 3.8) is 0 Å². The van der Waals surface area contributed by atoms with Crippen molar-refractivity contribution in [3.8, 4) is 0 Å². The molecule has 1 aromatic rings. The molecule has 112 valence electrons. The SMILES string of the molecule is O=C(Cc1cccc(F)c1)NC1CC2CC1C1CCCC21. The molecule has 1 amide bonds. The maximum Gasteiger partial charge on any atom is 0.224 e. The third-order valence-electron chi connectivity index (χ3n) is 6.03. The van der Waals surface area contributed by atoms with Crippen molar-refractivity contribution in [2.75, 3.05) is 0 Å². The van der Waals surface area contributed by atoms with E-state index in [-0.39, 0.29) is 11.7 Å². The van der Waals surface area contributed by atoms with Crippen molar-refractivity contribution in [2.45, 2.75) is 44.6 Å². The van der Waals surface area contributed by atoms with Crippen LogP contribution >= 0.6 is 0 Å². The van der Waals surface area contributed by atoms with Gasteiger partial charge in [-0.3, -0.25) is 4.79 Å². The van der Waals surface area contributed by atoms with Gasteiger partial charge in [0.2, 0.25) is 5.91 Å². The van der Waals surface area contributed by atoms with Gasteiger partial charge in [-0.1, -0.05) is 18.6 Å². The molecule has 5 unspecified atom stereocenters. The highest BCUT2D eigenvalue weighted by Gasteiger charge is 2.53. The first-order valence-corrected chi connectivity index (χ1v) is 8.24. The van der Waals surface area contributed by atoms with Gasteiger partial charge in [-0.2, -0.15) is 0 Å². The van der Waals surface area contributed by atoms with Crippen LogP contribution in [0.4, 0.5) is 4.39 Å². The Morgan fingerprint density at radius 3 is 2.90 bits per heavy atom. The minimum atomic E-state index is -0.269. The smallest absolute Gasteiger partial charge is 0.224 e. The molecule has 3 heteroatoms. The number of hydrogen-bond donors (Lipinski definition) is 1.